The molecule has 1 rings (SSSR count). The molecule has 0 saturated heterocycles. The van der Waals surface area contributed by atoms with Gasteiger partial charge in [-0.25, -0.2) is 4.39 Å². The molecule has 100 valence electrons. The van der Waals surface area contributed by atoms with E-state index in [2.05, 4.69) is 18.7 Å². The Hall–Kier alpha value is -1.16. The number of hydrogen-bond donors (Lipinski definition) is 1. The van der Waals surface area contributed by atoms with Gasteiger partial charge in [-0.1, -0.05) is 26.1 Å². The molecule has 18 heavy (non-hydrogen) atoms. The van der Waals surface area contributed by atoms with Gasteiger partial charge in [0.2, 0.25) is 0 Å². The molecule has 0 aliphatic rings. The maximum Gasteiger partial charge on any atom is 0.123 e. The average molecular weight is 268 g/mol. The summed E-state index contributed by atoms with van der Waals surface area (Å²) in [6.07, 6.45) is 1.95. The molecule has 2 nitrogen and oxygen atoms in total. The number of anilines is 1. The second-order valence-corrected chi connectivity index (χ2v) is 5.69. The normalized spacial score (nSPS) is 11.3. The zero-order chi connectivity index (χ0) is 13.8. The van der Waals surface area contributed by atoms with Gasteiger partial charge in [0.05, 0.1) is 4.99 Å². The highest BCUT2D eigenvalue weighted by Crippen LogP contribution is 2.23. The van der Waals surface area contributed by atoms with Crippen LogP contribution < -0.4 is 10.6 Å². The molecule has 0 aliphatic carbocycles. The van der Waals surface area contributed by atoms with E-state index in [9.17, 15) is 4.39 Å². The Morgan fingerprint density at radius 2 is 1.89 bits per heavy atom. The Labute approximate surface area is 114 Å². The first kappa shape index (κ1) is 14.9. The molecular weight excluding hydrogens is 247 g/mol. The highest BCUT2D eigenvalue weighted by molar-refractivity contribution is 7.80. The SMILES string of the molecule is CN(CCCC(C)(C)C(N)=S)c1ccc(F)cc1. The van der Waals surface area contributed by atoms with Crippen molar-refractivity contribution in [2.24, 2.45) is 11.1 Å². The lowest BCUT2D eigenvalue weighted by Gasteiger charge is -2.25. The topological polar surface area (TPSA) is 29.3 Å². The summed E-state index contributed by atoms with van der Waals surface area (Å²) in [6.45, 7) is 5.03. The van der Waals surface area contributed by atoms with Crippen LogP contribution in [0.5, 0.6) is 0 Å². The van der Waals surface area contributed by atoms with Crippen LogP contribution in [0.2, 0.25) is 0 Å². The van der Waals surface area contributed by atoms with E-state index in [1.807, 2.05) is 7.05 Å². The number of nitrogens with zero attached hydrogens (tertiary/aromatic N) is 1. The molecule has 0 amide bonds. The van der Waals surface area contributed by atoms with Crippen LogP contribution in [-0.2, 0) is 0 Å². The first-order valence-electron chi connectivity index (χ1n) is 6.09. The predicted octanol–water partition coefficient (Wildman–Crippen LogP) is 3.35. The van der Waals surface area contributed by atoms with Crippen LogP contribution in [0.1, 0.15) is 26.7 Å². The summed E-state index contributed by atoms with van der Waals surface area (Å²) in [7, 11) is 2.00. The Bertz CT molecular complexity index is 401. The lowest BCUT2D eigenvalue weighted by molar-refractivity contribution is 0.461. The van der Waals surface area contributed by atoms with E-state index >= 15 is 0 Å². The highest BCUT2D eigenvalue weighted by atomic mass is 32.1. The van der Waals surface area contributed by atoms with E-state index < -0.39 is 0 Å². The zero-order valence-corrected chi connectivity index (χ0v) is 12.1. The molecule has 2 N–H and O–H groups in total. The minimum atomic E-state index is -0.207. The fourth-order valence-electron chi connectivity index (χ4n) is 1.71. The van der Waals surface area contributed by atoms with Crippen LogP contribution in [0.4, 0.5) is 10.1 Å². The highest BCUT2D eigenvalue weighted by Gasteiger charge is 2.20. The van der Waals surface area contributed by atoms with Crippen LogP contribution in [-0.4, -0.2) is 18.6 Å². The summed E-state index contributed by atoms with van der Waals surface area (Å²) in [6, 6.07) is 6.53. The van der Waals surface area contributed by atoms with Crippen LogP contribution in [0.3, 0.4) is 0 Å². The van der Waals surface area contributed by atoms with Gasteiger partial charge in [0.1, 0.15) is 5.82 Å². The van der Waals surface area contributed by atoms with Crippen molar-refractivity contribution in [3.63, 3.8) is 0 Å². The molecule has 0 spiro atoms. The predicted molar refractivity (Wildman–Crippen MR) is 79.5 cm³/mol. The van der Waals surface area contributed by atoms with Crippen molar-refractivity contribution in [2.45, 2.75) is 26.7 Å². The molecule has 0 heterocycles. The van der Waals surface area contributed by atoms with Crippen molar-refractivity contribution >= 4 is 22.9 Å². The van der Waals surface area contributed by atoms with E-state index in [0.717, 1.165) is 25.1 Å². The number of benzene rings is 1. The van der Waals surface area contributed by atoms with E-state index in [4.69, 9.17) is 18.0 Å². The second-order valence-electron chi connectivity index (χ2n) is 5.25. The molecule has 0 fully saturated rings. The Morgan fingerprint density at radius 3 is 2.39 bits per heavy atom. The number of nitrogens with two attached hydrogens (primary N) is 1. The molecule has 0 radical (unpaired) electrons. The third-order valence-corrected chi connectivity index (χ3v) is 3.78. The van der Waals surface area contributed by atoms with Gasteiger partial charge in [-0.05, 0) is 37.1 Å². The molecule has 0 aromatic heterocycles. The first-order chi connectivity index (χ1) is 8.33. The van der Waals surface area contributed by atoms with Crippen molar-refractivity contribution in [1.29, 1.82) is 0 Å². The van der Waals surface area contributed by atoms with Crippen LogP contribution in [0, 0.1) is 11.2 Å². The van der Waals surface area contributed by atoms with E-state index in [1.165, 1.54) is 12.1 Å². The van der Waals surface area contributed by atoms with Crippen LogP contribution in [0.15, 0.2) is 24.3 Å². The molecule has 4 heteroatoms. The number of hydrogen-bond acceptors (Lipinski definition) is 2. The van der Waals surface area contributed by atoms with Gasteiger partial charge in [0.15, 0.2) is 0 Å². The van der Waals surface area contributed by atoms with Gasteiger partial charge < -0.3 is 10.6 Å². The standard InChI is InChI=1S/C14H21FN2S/c1-14(2,13(16)18)9-4-10-17(3)12-7-5-11(15)6-8-12/h5-8H,4,9-10H2,1-3H3,(H2,16,18). The van der Waals surface area contributed by atoms with Gasteiger partial charge in [-0.2, -0.15) is 0 Å². The lowest BCUT2D eigenvalue weighted by Crippen LogP contribution is -2.31. The van der Waals surface area contributed by atoms with E-state index in [-0.39, 0.29) is 11.2 Å². The fraction of sp³-hybridized carbons (Fsp3) is 0.500. The van der Waals surface area contributed by atoms with Crippen LogP contribution >= 0.6 is 12.2 Å². The van der Waals surface area contributed by atoms with E-state index in [0.29, 0.717) is 4.99 Å². The summed E-state index contributed by atoms with van der Waals surface area (Å²) in [5, 5.41) is 0. The zero-order valence-electron chi connectivity index (χ0n) is 11.2. The molecule has 1 aromatic carbocycles. The summed E-state index contributed by atoms with van der Waals surface area (Å²) >= 11 is 5.04. The maximum atomic E-state index is 12.8. The first-order valence-corrected chi connectivity index (χ1v) is 6.50. The minimum absolute atomic E-state index is 0.0982. The van der Waals surface area contributed by atoms with Gasteiger partial charge in [0.25, 0.3) is 0 Å². The Morgan fingerprint density at radius 1 is 1.33 bits per heavy atom. The molecule has 0 bridgehead atoms. The number of halogens is 1. The molecule has 1 aromatic rings. The van der Waals surface area contributed by atoms with Crippen molar-refractivity contribution < 1.29 is 4.39 Å². The lowest BCUT2D eigenvalue weighted by atomic mass is 9.88. The molecule has 0 unspecified atom stereocenters. The summed E-state index contributed by atoms with van der Waals surface area (Å²) in [5.74, 6) is -0.207. The number of thiocarbonyl (C=S) groups is 1. The minimum Gasteiger partial charge on any atom is -0.393 e. The third kappa shape index (κ3) is 4.26. The smallest absolute Gasteiger partial charge is 0.123 e. The van der Waals surface area contributed by atoms with Crippen molar-refractivity contribution in [2.75, 3.05) is 18.5 Å². The van der Waals surface area contributed by atoms with Gasteiger partial charge in [-0.3, -0.25) is 0 Å². The van der Waals surface area contributed by atoms with E-state index in [1.54, 1.807) is 12.1 Å². The van der Waals surface area contributed by atoms with Gasteiger partial charge in [-0.15, -0.1) is 0 Å². The molecule has 0 atom stereocenters. The monoisotopic (exact) mass is 268 g/mol. The van der Waals surface area contributed by atoms with Gasteiger partial charge >= 0.3 is 0 Å². The van der Waals surface area contributed by atoms with Crippen LogP contribution in [0.25, 0.3) is 0 Å². The molecule has 0 aliphatic heterocycles. The second kappa shape index (κ2) is 6.14. The summed E-state index contributed by atoms with van der Waals surface area (Å²) in [4.78, 5) is 2.67. The van der Waals surface area contributed by atoms with Crippen molar-refractivity contribution in [3.05, 3.63) is 30.1 Å². The molecule has 0 saturated carbocycles. The Balaban J connectivity index is 2.45. The number of rotatable bonds is 6. The maximum absolute atomic E-state index is 12.8. The molecular formula is C14H21FN2S. The fourth-order valence-corrected chi connectivity index (χ4v) is 1.81. The Kier molecular flexibility index (Phi) is 5.08. The van der Waals surface area contributed by atoms with Crippen molar-refractivity contribution in [1.82, 2.24) is 0 Å². The quantitative estimate of drug-likeness (QED) is 0.802. The summed E-state index contributed by atoms with van der Waals surface area (Å²) in [5.41, 5.74) is 6.61. The van der Waals surface area contributed by atoms with Gasteiger partial charge in [0, 0.05) is 24.7 Å². The van der Waals surface area contributed by atoms with Crippen molar-refractivity contribution in [3.8, 4) is 0 Å². The average Bonchev–Trinajstić information content (AvgIpc) is 2.29. The largest absolute Gasteiger partial charge is 0.393 e. The summed E-state index contributed by atoms with van der Waals surface area (Å²) < 4.78 is 12.8. The third-order valence-electron chi connectivity index (χ3n) is 3.23.